The number of amides is 3. The number of hydrogen-bond donors (Lipinski definition) is 1. The molecule has 7 nitrogen and oxygen atoms in total. The third-order valence-electron chi connectivity index (χ3n) is 4.94. The first-order chi connectivity index (χ1) is 13.9. The first-order valence-electron chi connectivity index (χ1n) is 9.55. The molecule has 1 aromatic heterocycles. The zero-order valence-corrected chi connectivity index (χ0v) is 16.4. The monoisotopic (exact) mass is 401 g/mol. The molecule has 1 N–H and O–H groups in total. The average molecular weight is 401 g/mol. The van der Waals surface area contributed by atoms with Gasteiger partial charge in [0, 0.05) is 31.7 Å². The molecule has 154 valence electrons. The number of piperazine rings is 1. The van der Waals surface area contributed by atoms with Crippen molar-refractivity contribution in [3.05, 3.63) is 59.8 Å². The molecule has 1 aromatic carbocycles. The van der Waals surface area contributed by atoms with E-state index < -0.39 is 17.8 Å². The topological polar surface area (TPSA) is 82.9 Å². The lowest BCUT2D eigenvalue weighted by molar-refractivity contribution is -0.135. The van der Waals surface area contributed by atoms with Gasteiger partial charge in [0.25, 0.3) is 11.8 Å². The predicted octanol–water partition coefficient (Wildman–Crippen LogP) is 2.16. The second-order valence-corrected chi connectivity index (χ2v) is 7.30. The third-order valence-corrected chi connectivity index (χ3v) is 4.94. The molecule has 1 saturated heterocycles. The fraction of sp³-hybridized carbons (Fsp3) is 0.381. The maximum atomic E-state index is 13.1. The highest BCUT2D eigenvalue weighted by Gasteiger charge is 2.32. The predicted molar refractivity (Wildman–Crippen MR) is 104 cm³/mol. The molecule has 1 fully saturated rings. The number of benzene rings is 1. The van der Waals surface area contributed by atoms with Gasteiger partial charge in [-0.05, 0) is 42.3 Å². The fourth-order valence-corrected chi connectivity index (χ4v) is 3.22. The Bertz CT molecular complexity index is 857. The highest BCUT2D eigenvalue weighted by molar-refractivity contribution is 5.97. The number of rotatable bonds is 5. The van der Waals surface area contributed by atoms with Gasteiger partial charge in [-0.2, -0.15) is 0 Å². The van der Waals surface area contributed by atoms with Gasteiger partial charge >= 0.3 is 0 Å². The smallest absolute Gasteiger partial charge is 0.289 e. The van der Waals surface area contributed by atoms with Crippen molar-refractivity contribution < 1.29 is 23.2 Å². The Morgan fingerprint density at radius 3 is 2.17 bits per heavy atom. The quantitative estimate of drug-likeness (QED) is 0.832. The lowest BCUT2D eigenvalue weighted by atomic mass is 10.0. The summed E-state index contributed by atoms with van der Waals surface area (Å²) in [6.45, 7) is 5.24. The Hall–Kier alpha value is -3.16. The maximum Gasteiger partial charge on any atom is 0.289 e. The van der Waals surface area contributed by atoms with Crippen LogP contribution in [0.4, 0.5) is 4.39 Å². The average Bonchev–Trinajstić information content (AvgIpc) is 3.26. The second kappa shape index (κ2) is 8.89. The maximum absolute atomic E-state index is 13.1. The zero-order chi connectivity index (χ0) is 21.0. The SMILES string of the molecule is CC(C)[C@H](NC(=O)c1ccc(F)cc1)C(=O)N1CCN(C(=O)c2ccco2)CC1. The molecule has 2 heterocycles. The van der Waals surface area contributed by atoms with Gasteiger partial charge in [0.1, 0.15) is 11.9 Å². The van der Waals surface area contributed by atoms with E-state index in [0.29, 0.717) is 31.7 Å². The van der Waals surface area contributed by atoms with Gasteiger partial charge in [0.05, 0.1) is 6.26 Å². The molecule has 0 radical (unpaired) electrons. The Kier molecular flexibility index (Phi) is 6.31. The van der Waals surface area contributed by atoms with Crippen molar-refractivity contribution in [2.45, 2.75) is 19.9 Å². The number of nitrogens with zero attached hydrogens (tertiary/aromatic N) is 2. The largest absolute Gasteiger partial charge is 0.459 e. The van der Waals surface area contributed by atoms with E-state index in [1.165, 1.54) is 30.5 Å². The van der Waals surface area contributed by atoms with E-state index >= 15 is 0 Å². The van der Waals surface area contributed by atoms with Crippen molar-refractivity contribution in [1.82, 2.24) is 15.1 Å². The van der Waals surface area contributed by atoms with Crippen molar-refractivity contribution in [2.24, 2.45) is 5.92 Å². The van der Waals surface area contributed by atoms with Gasteiger partial charge < -0.3 is 19.5 Å². The van der Waals surface area contributed by atoms with E-state index in [1.807, 2.05) is 13.8 Å². The normalized spacial score (nSPS) is 15.3. The third kappa shape index (κ3) is 4.82. The summed E-state index contributed by atoms with van der Waals surface area (Å²) in [7, 11) is 0. The summed E-state index contributed by atoms with van der Waals surface area (Å²) in [5, 5.41) is 2.76. The summed E-state index contributed by atoms with van der Waals surface area (Å²) >= 11 is 0. The van der Waals surface area contributed by atoms with Gasteiger partial charge in [-0.25, -0.2) is 4.39 Å². The molecule has 3 rings (SSSR count). The van der Waals surface area contributed by atoms with Crippen LogP contribution in [0.2, 0.25) is 0 Å². The highest BCUT2D eigenvalue weighted by atomic mass is 19.1. The molecule has 0 aliphatic carbocycles. The molecule has 1 atom stereocenters. The van der Waals surface area contributed by atoms with Gasteiger partial charge in [0.15, 0.2) is 5.76 Å². The van der Waals surface area contributed by atoms with Gasteiger partial charge in [0.2, 0.25) is 5.91 Å². The number of halogens is 1. The summed E-state index contributed by atoms with van der Waals surface area (Å²) in [5.41, 5.74) is 0.290. The van der Waals surface area contributed by atoms with Crippen molar-refractivity contribution >= 4 is 17.7 Å². The van der Waals surface area contributed by atoms with Crippen LogP contribution in [-0.2, 0) is 4.79 Å². The highest BCUT2D eigenvalue weighted by Crippen LogP contribution is 2.13. The Morgan fingerprint density at radius 1 is 1.00 bits per heavy atom. The lowest BCUT2D eigenvalue weighted by Gasteiger charge is -2.37. The van der Waals surface area contributed by atoms with Crippen LogP contribution in [0.25, 0.3) is 0 Å². The van der Waals surface area contributed by atoms with Gasteiger partial charge in [-0.15, -0.1) is 0 Å². The first kappa shape index (κ1) is 20.6. The molecule has 0 saturated carbocycles. The van der Waals surface area contributed by atoms with Crippen LogP contribution in [0.1, 0.15) is 34.8 Å². The van der Waals surface area contributed by atoms with Crippen LogP contribution < -0.4 is 5.32 Å². The second-order valence-electron chi connectivity index (χ2n) is 7.30. The molecular formula is C21H24FN3O4. The van der Waals surface area contributed by atoms with Crippen molar-refractivity contribution in [1.29, 1.82) is 0 Å². The van der Waals surface area contributed by atoms with E-state index in [1.54, 1.807) is 21.9 Å². The minimum Gasteiger partial charge on any atom is -0.459 e. The summed E-state index contributed by atoms with van der Waals surface area (Å²) < 4.78 is 18.2. The minimum absolute atomic E-state index is 0.130. The van der Waals surface area contributed by atoms with Gasteiger partial charge in [-0.1, -0.05) is 13.8 Å². The Balaban J connectivity index is 1.60. The summed E-state index contributed by atoms with van der Waals surface area (Å²) in [4.78, 5) is 41.1. The van der Waals surface area contributed by atoms with Crippen molar-refractivity contribution in [3.63, 3.8) is 0 Å². The molecule has 29 heavy (non-hydrogen) atoms. The Morgan fingerprint density at radius 2 is 1.62 bits per heavy atom. The van der Waals surface area contributed by atoms with E-state index in [4.69, 9.17) is 4.42 Å². The van der Waals surface area contributed by atoms with Crippen LogP contribution >= 0.6 is 0 Å². The van der Waals surface area contributed by atoms with Crippen molar-refractivity contribution in [2.75, 3.05) is 26.2 Å². The van der Waals surface area contributed by atoms with E-state index in [-0.39, 0.29) is 23.5 Å². The molecule has 8 heteroatoms. The minimum atomic E-state index is -0.708. The molecule has 2 aromatic rings. The first-order valence-corrected chi connectivity index (χ1v) is 9.55. The standard InChI is InChI=1S/C21H24FN3O4/c1-14(2)18(23-19(26)15-5-7-16(22)8-6-15)21(28)25-11-9-24(10-12-25)20(27)17-4-3-13-29-17/h3-8,13-14,18H,9-12H2,1-2H3,(H,23,26)/t18-/m0/s1. The molecular weight excluding hydrogens is 377 g/mol. The van der Waals surface area contributed by atoms with E-state index in [2.05, 4.69) is 5.32 Å². The number of nitrogens with one attached hydrogen (secondary N) is 1. The fourth-order valence-electron chi connectivity index (χ4n) is 3.22. The molecule has 0 spiro atoms. The molecule has 3 amide bonds. The molecule has 1 aliphatic rings. The zero-order valence-electron chi connectivity index (χ0n) is 16.4. The summed E-state index contributed by atoms with van der Waals surface area (Å²) in [5.74, 6) is -1.11. The number of furan rings is 1. The number of carbonyl (C=O) groups excluding carboxylic acids is 3. The van der Waals surface area contributed by atoms with Crippen LogP contribution in [-0.4, -0.2) is 59.7 Å². The lowest BCUT2D eigenvalue weighted by Crippen LogP contribution is -2.57. The molecule has 1 aliphatic heterocycles. The van der Waals surface area contributed by atoms with Crippen molar-refractivity contribution in [3.8, 4) is 0 Å². The van der Waals surface area contributed by atoms with Crippen LogP contribution in [0.5, 0.6) is 0 Å². The number of hydrogen-bond acceptors (Lipinski definition) is 4. The molecule has 0 bridgehead atoms. The Labute approximate surface area is 168 Å². The van der Waals surface area contributed by atoms with E-state index in [0.717, 1.165) is 0 Å². The summed E-state index contributed by atoms with van der Waals surface area (Å²) in [6.07, 6.45) is 1.45. The van der Waals surface area contributed by atoms with Crippen LogP contribution in [0.3, 0.4) is 0 Å². The number of carbonyl (C=O) groups is 3. The van der Waals surface area contributed by atoms with Crippen LogP contribution in [0, 0.1) is 11.7 Å². The molecule has 0 unspecified atom stereocenters. The van der Waals surface area contributed by atoms with Crippen LogP contribution in [0.15, 0.2) is 47.1 Å². The van der Waals surface area contributed by atoms with E-state index in [9.17, 15) is 18.8 Å². The van der Waals surface area contributed by atoms with Gasteiger partial charge in [-0.3, -0.25) is 14.4 Å². The summed E-state index contributed by atoms with van der Waals surface area (Å²) in [6, 6.07) is 7.73.